The normalized spacial score (nSPS) is 26.4. The van der Waals surface area contributed by atoms with Crippen molar-refractivity contribution in [1.29, 1.82) is 0 Å². The number of hydrogen-bond donors (Lipinski definition) is 2. The molecule has 2 saturated heterocycles. The number of amides is 1. The average molecular weight is 259 g/mol. The minimum absolute atomic E-state index is 0.0207. The van der Waals surface area contributed by atoms with Crippen LogP contribution in [0, 0.1) is 11.8 Å². The standard InChI is InChI=1S/C15H21N3O/c1-11(19)17-15-4-2-12(3-5-15)8-18-9-13-6-16-7-14(13)10-18/h2-5,13-14,16H,6-10H2,1H3,(H,17,19). The quantitative estimate of drug-likeness (QED) is 0.860. The second-order valence-electron chi connectivity index (χ2n) is 5.75. The van der Waals surface area contributed by atoms with Crippen LogP contribution in [0.5, 0.6) is 0 Å². The molecule has 4 nitrogen and oxygen atoms in total. The summed E-state index contributed by atoms with van der Waals surface area (Å²) in [6.07, 6.45) is 0. The zero-order valence-electron chi connectivity index (χ0n) is 11.4. The highest BCUT2D eigenvalue weighted by Gasteiger charge is 2.35. The first-order valence-corrected chi connectivity index (χ1v) is 7.00. The van der Waals surface area contributed by atoms with Crippen LogP contribution in [0.1, 0.15) is 12.5 Å². The lowest BCUT2D eigenvalue weighted by molar-refractivity contribution is -0.114. The maximum absolute atomic E-state index is 11.0. The highest BCUT2D eigenvalue weighted by atomic mass is 16.1. The maximum Gasteiger partial charge on any atom is 0.221 e. The molecule has 2 aliphatic heterocycles. The van der Waals surface area contributed by atoms with Crippen molar-refractivity contribution in [3.8, 4) is 0 Å². The van der Waals surface area contributed by atoms with Gasteiger partial charge in [0, 0.05) is 32.2 Å². The van der Waals surface area contributed by atoms with Crippen LogP contribution in [0.15, 0.2) is 24.3 Å². The molecule has 2 N–H and O–H groups in total. The van der Waals surface area contributed by atoms with E-state index in [2.05, 4.69) is 27.7 Å². The number of likely N-dealkylation sites (tertiary alicyclic amines) is 1. The van der Waals surface area contributed by atoms with Crippen molar-refractivity contribution in [2.24, 2.45) is 11.8 Å². The van der Waals surface area contributed by atoms with E-state index in [4.69, 9.17) is 0 Å². The largest absolute Gasteiger partial charge is 0.326 e. The van der Waals surface area contributed by atoms with Crippen molar-refractivity contribution in [1.82, 2.24) is 10.2 Å². The fourth-order valence-electron chi connectivity index (χ4n) is 3.24. The van der Waals surface area contributed by atoms with Gasteiger partial charge in [-0.3, -0.25) is 9.69 Å². The van der Waals surface area contributed by atoms with Crippen LogP contribution in [-0.2, 0) is 11.3 Å². The van der Waals surface area contributed by atoms with Gasteiger partial charge in [-0.15, -0.1) is 0 Å². The molecular formula is C15H21N3O. The summed E-state index contributed by atoms with van der Waals surface area (Å²) in [4.78, 5) is 13.5. The number of carbonyl (C=O) groups is 1. The molecule has 2 fully saturated rings. The Labute approximate surface area is 114 Å². The molecule has 1 aromatic carbocycles. The molecule has 2 aliphatic rings. The van der Waals surface area contributed by atoms with Crippen LogP contribution >= 0.6 is 0 Å². The van der Waals surface area contributed by atoms with Crippen molar-refractivity contribution >= 4 is 11.6 Å². The zero-order chi connectivity index (χ0) is 13.2. The Kier molecular flexibility index (Phi) is 3.53. The van der Waals surface area contributed by atoms with Gasteiger partial charge >= 0.3 is 0 Å². The molecule has 3 rings (SSSR count). The molecule has 2 unspecified atom stereocenters. The number of fused-ring (bicyclic) bond motifs is 1. The summed E-state index contributed by atoms with van der Waals surface area (Å²) in [7, 11) is 0. The number of carbonyl (C=O) groups excluding carboxylic acids is 1. The number of hydrogen-bond acceptors (Lipinski definition) is 3. The van der Waals surface area contributed by atoms with Crippen molar-refractivity contribution < 1.29 is 4.79 Å². The van der Waals surface area contributed by atoms with Crippen molar-refractivity contribution in [2.75, 3.05) is 31.5 Å². The topological polar surface area (TPSA) is 44.4 Å². The van der Waals surface area contributed by atoms with Gasteiger partial charge in [-0.2, -0.15) is 0 Å². The van der Waals surface area contributed by atoms with E-state index in [1.807, 2.05) is 12.1 Å². The van der Waals surface area contributed by atoms with E-state index in [1.165, 1.54) is 38.7 Å². The summed E-state index contributed by atoms with van der Waals surface area (Å²) in [5.74, 6) is 1.67. The van der Waals surface area contributed by atoms with Gasteiger partial charge in [0.05, 0.1) is 0 Å². The van der Waals surface area contributed by atoms with Crippen LogP contribution < -0.4 is 10.6 Å². The average Bonchev–Trinajstić information content (AvgIpc) is 2.91. The molecule has 0 aromatic heterocycles. The molecule has 0 bridgehead atoms. The first-order chi connectivity index (χ1) is 9.20. The molecule has 19 heavy (non-hydrogen) atoms. The van der Waals surface area contributed by atoms with Crippen LogP contribution in [0.2, 0.25) is 0 Å². The number of anilines is 1. The summed E-state index contributed by atoms with van der Waals surface area (Å²) < 4.78 is 0. The lowest BCUT2D eigenvalue weighted by atomic mass is 10.0. The molecule has 2 heterocycles. The highest BCUT2D eigenvalue weighted by Crippen LogP contribution is 2.27. The van der Waals surface area contributed by atoms with Crippen LogP contribution in [0.25, 0.3) is 0 Å². The van der Waals surface area contributed by atoms with Gasteiger partial charge < -0.3 is 10.6 Å². The number of rotatable bonds is 3. The fraction of sp³-hybridized carbons (Fsp3) is 0.533. The van der Waals surface area contributed by atoms with Gasteiger partial charge in [0.15, 0.2) is 0 Å². The predicted octanol–water partition coefficient (Wildman–Crippen LogP) is 1.30. The van der Waals surface area contributed by atoms with Crippen LogP contribution in [-0.4, -0.2) is 37.0 Å². The maximum atomic E-state index is 11.0. The van der Waals surface area contributed by atoms with Crippen molar-refractivity contribution in [2.45, 2.75) is 13.5 Å². The molecule has 0 aliphatic carbocycles. The van der Waals surface area contributed by atoms with E-state index in [0.29, 0.717) is 0 Å². The Hall–Kier alpha value is -1.39. The second-order valence-corrected chi connectivity index (χ2v) is 5.75. The minimum atomic E-state index is -0.0207. The summed E-state index contributed by atoms with van der Waals surface area (Å²) in [6.45, 7) is 7.35. The number of benzene rings is 1. The van der Waals surface area contributed by atoms with Crippen molar-refractivity contribution in [3.05, 3.63) is 29.8 Å². The molecule has 0 saturated carbocycles. The Morgan fingerprint density at radius 2 is 1.89 bits per heavy atom. The Morgan fingerprint density at radius 3 is 2.47 bits per heavy atom. The van der Waals surface area contributed by atoms with Gasteiger partial charge in [0.1, 0.15) is 0 Å². The molecule has 0 spiro atoms. The van der Waals surface area contributed by atoms with Gasteiger partial charge in [-0.1, -0.05) is 12.1 Å². The molecular weight excluding hydrogens is 238 g/mol. The van der Waals surface area contributed by atoms with Crippen LogP contribution in [0.3, 0.4) is 0 Å². The number of nitrogens with zero attached hydrogens (tertiary/aromatic N) is 1. The van der Waals surface area contributed by atoms with E-state index < -0.39 is 0 Å². The summed E-state index contributed by atoms with van der Waals surface area (Å²) >= 11 is 0. The van der Waals surface area contributed by atoms with Gasteiger partial charge in [0.2, 0.25) is 5.91 Å². The summed E-state index contributed by atoms with van der Waals surface area (Å²) in [6, 6.07) is 8.18. The van der Waals surface area contributed by atoms with E-state index in [1.54, 1.807) is 0 Å². The van der Waals surface area contributed by atoms with Crippen molar-refractivity contribution in [3.63, 3.8) is 0 Å². The first kappa shape index (κ1) is 12.6. The Bertz CT molecular complexity index is 445. The SMILES string of the molecule is CC(=O)Nc1ccc(CN2CC3CNCC3C2)cc1. The summed E-state index contributed by atoms with van der Waals surface area (Å²) in [5.41, 5.74) is 2.20. The van der Waals surface area contributed by atoms with E-state index >= 15 is 0 Å². The fourth-order valence-corrected chi connectivity index (χ4v) is 3.24. The minimum Gasteiger partial charge on any atom is -0.326 e. The third kappa shape index (κ3) is 2.96. The first-order valence-electron chi connectivity index (χ1n) is 7.00. The van der Waals surface area contributed by atoms with E-state index in [-0.39, 0.29) is 5.91 Å². The summed E-state index contributed by atoms with van der Waals surface area (Å²) in [5, 5.41) is 6.26. The van der Waals surface area contributed by atoms with Gasteiger partial charge in [0.25, 0.3) is 0 Å². The van der Waals surface area contributed by atoms with E-state index in [0.717, 1.165) is 24.1 Å². The third-order valence-electron chi connectivity index (χ3n) is 4.15. The zero-order valence-corrected chi connectivity index (χ0v) is 11.4. The lowest BCUT2D eigenvalue weighted by Crippen LogP contribution is -2.25. The Balaban J connectivity index is 1.57. The monoisotopic (exact) mass is 259 g/mol. The van der Waals surface area contributed by atoms with Gasteiger partial charge in [-0.25, -0.2) is 0 Å². The van der Waals surface area contributed by atoms with Gasteiger partial charge in [-0.05, 0) is 42.6 Å². The lowest BCUT2D eigenvalue weighted by Gasteiger charge is -2.17. The Morgan fingerprint density at radius 1 is 1.26 bits per heavy atom. The molecule has 1 amide bonds. The third-order valence-corrected chi connectivity index (χ3v) is 4.15. The van der Waals surface area contributed by atoms with Crippen LogP contribution in [0.4, 0.5) is 5.69 Å². The predicted molar refractivity (Wildman–Crippen MR) is 75.9 cm³/mol. The molecule has 0 radical (unpaired) electrons. The molecule has 2 atom stereocenters. The highest BCUT2D eigenvalue weighted by molar-refractivity contribution is 5.88. The smallest absolute Gasteiger partial charge is 0.221 e. The molecule has 102 valence electrons. The second kappa shape index (κ2) is 5.31. The number of nitrogens with one attached hydrogen (secondary N) is 2. The molecule has 1 aromatic rings. The van der Waals surface area contributed by atoms with E-state index in [9.17, 15) is 4.79 Å². The molecule has 4 heteroatoms.